The van der Waals surface area contributed by atoms with Crippen molar-refractivity contribution in [3.05, 3.63) is 0 Å². The highest BCUT2D eigenvalue weighted by Crippen LogP contribution is 1.95. The van der Waals surface area contributed by atoms with Gasteiger partial charge in [-0.2, -0.15) is 0 Å². The number of esters is 1. The van der Waals surface area contributed by atoms with Gasteiger partial charge in [-0.3, -0.25) is 4.79 Å². The maximum atomic E-state index is 11.0. The molecular weight excluding hydrogens is 188 g/mol. The van der Waals surface area contributed by atoms with Gasteiger partial charge in [-0.1, -0.05) is 0 Å². The van der Waals surface area contributed by atoms with Crippen LogP contribution in [0.2, 0.25) is 0 Å². The first kappa shape index (κ1) is 13.4. The van der Waals surface area contributed by atoms with E-state index in [4.69, 9.17) is 14.2 Å². The Morgan fingerprint density at radius 2 is 2.14 bits per heavy atom. The number of hydrogen-bond acceptors (Lipinski definition) is 5. The van der Waals surface area contributed by atoms with Gasteiger partial charge in [0.25, 0.3) is 0 Å². The third kappa shape index (κ3) is 7.97. The molecule has 84 valence electrons. The Hall–Kier alpha value is -0.650. The lowest BCUT2D eigenvalue weighted by Crippen LogP contribution is -2.21. The number of carbonyl (C=O) groups is 1. The van der Waals surface area contributed by atoms with Crippen LogP contribution in [-0.2, 0) is 19.0 Å². The molecule has 1 unspecified atom stereocenters. The number of carbonyl (C=O) groups excluding carboxylic acids is 1. The van der Waals surface area contributed by atoms with Crippen LogP contribution in [0.25, 0.3) is 0 Å². The molecule has 5 heteroatoms. The molecule has 0 rings (SSSR count). The van der Waals surface area contributed by atoms with Crippen LogP contribution in [0.1, 0.15) is 13.3 Å². The Morgan fingerprint density at radius 3 is 2.71 bits per heavy atom. The van der Waals surface area contributed by atoms with Crippen LogP contribution in [0.15, 0.2) is 0 Å². The van der Waals surface area contributed by atoms with Crippen molar-refractivity contribution in [3.63, 3.8) is 0 Å². The van der Waals surface area contributed by atoms with Gasteiger partial charge in [0.05, 0.1) is 25.7 Å². The van der Waals surface area contributed by atoms with Crippen LogP contribution in [0.3, 0.4) is 0 Å². The SMILES string of the molecule is CCOCC(O)CC(=O)OCCOC. The molecule has 0 amide bonds. The van der Waals surface area contributed by atoms with E-state index in [2.05, 4.69) is 0 Å². The molecule has 0 spiro atoms. The molecule has 0 aromatic heterocycles. The van der Waals surface area contributed by atoms with E-state index in [9.17, 15) is 9.90 Å². The van der Waals surface area contributed by atoms with Gasteiger partial charge in [-0.25, -0.2) is 0 Å². The van der Waals surface area contributed by atoms with Gasteiger partial charge < -0.3 is 19.3 Å². The molecule has 0 aliphatic rings. The Kier molecular flexibility index (Phi) is 8.51. The summed E-state index contributed by atoms with van der Waals surface area (Å²) >= 11 is 0. The normalized spacial score (nSPS) is 12.5. The summed E-state index contributed by atoms with van der Waals surface area (Å²) < 4.78 is 14.4. The molecule has 1 atom stereocenters. The molecule has 0 aromatic carbocycles. The van der Waals surface area contributed by atoms with Crippen molar-refractivity contribution >= 4 is 5.97 Å². The lowest BCUT2D eigenvalue weighted by molar-refractivity contribution is -0.148. The van der Waals surface area contributed by atoms with Gasteiger partial charge in [-0.15, -0.1) is 0 Å². The zero-order chi connectivity index (χ0) is 10.8. The third-order valence-corrected chi connectivity index (χ3v) is 1.47. The van der Waals surface area contributed by atoms with Crippen molar-refractivity contribution in [1.82, 2.24) is 0 Å². The molecule has 0 saturated heterocycles. The molecule has 0 heterocycles. The number of aliphatic hydroxyl groups is 1. The fraction of sp³-hybridized carbons (Fsp3) is 0.889. The van der Waals surface area contributed by atoms with Gasteiger partial charge in [0.1, 0.15) is 6.61 Å². The Balaban J connectivity index is 3.40. The fourth-order valence-electron chi connectivity index (χ4n) is 0.803. The van der Waals surface area contributed by atoms with Crippen LogP contribution in [0.4, 0.5) is 0 Å². The van der Waals surface area contributed by atoms with Crippen molar-refractivity contribution in [2.45, 2.75) is 19.4 Å². The summed E-state index contributed by atoms with van der Waals surface area (Å²) in [5, 5.41) is 9.25. The van der Waals surface area contributed by atoms with Crippen LogP contribution >= 0.6 is 0 Å². The van der Waals surface area contributed by atoms with E-state index in [0.29, 0.717) is 13.2 Å². The van der Waals surface area contributed by atoms with Gasteiger partial charge in [0.15, 0.2) is 0 Å². The molecular formula is C9H18O5. The van der Waals surface area contributed by atoms with Crippen molar-refractivity contribution in [3.8, 4) is 0 Å². The van der Waals surface area contributed by atoms with Crippen LogP contribution in [0.5, 0.6) is 0 Å². The summed E-state index contributed by atoms with van der Waals surface area (Å²) in [5.41, 5.74) is 0. The summed E-state index contributed by atoms with van der Waals surface area (Å²) in [5.74, 6) is -0.436. The molecule has 0 bridgehead atoms. The smallest absolute Gasteiger partial charge is 0.308 e. The van der Waals surface area contributed by atoms with Crippen LogP contribution in [0, 0.1) is 0 Å². The largest absolute Gasteiger partial charge is 0.463 e. The van der Waals surface area contributed by atoms with E-state index >= 15 is 0 Å². The first-order valence-corrected chi connectivity index (χ1v) is 4.61. The molecule has 5 nitrogen and oxygen atoms in total. The van der Waals surface area contributed by atoms with Crippen molar-refractivity contribution in [2.24, 2.45) is 0 Å². The van der Waals surface area contributed by atoms with Gasteiger partial charge in [0, 0.05) is 13.7 Å². The number of hydrogen-bond donors (Lipinski definition) is 1. The topological polar surface area (TPSA) is 65.0 Å². The molecule has 0 aliphatic carbocycles. The first-order chi connectivity index (χ1) is 6.70. The van der Waals surface area contributed by atoms with Gasteiger partial charge in [-0.05, 0) is 6.92 Å². The molecule has 0 fully saturated rings. The molecule has 0 aliphatic heterocycles. The maximum Gasteiger partial charge on any atom is 0.308 e. The second-order valence-electron chi connectivity index (χ2n) is 2.73. The highest BCUT2D eigenvalue weighted by molar-refractivity contribution is 5.69. The second-order valence-corrected chi connectivity index (χ2v) is 2.73. The summed E-state index contributed by atoms with van der Waals surface area (Å²) in [6.07, 6.45) is -0.825. The quantitative estimate of drug-likeness (QED) is 0.446. The van der Waals surface area contributed by atoms with Crippen molar-refractivity contribution in [1.29, 1.82) is 0 Å². The number of ether oxygens (including phenoxy) is 3. The van der Waals surface area contributed by atoms with Gasteiger partial charge >= 0.3 is 5.97 Å². The highest BCUT2D eigenvalue weighted by atomic mass is 16.6. The third-order valence-electron chi connectivity index (χ3n) is 1.47. The monoisotopic (exact) mass is 206 g/mol. The summed E-state index contributed by atoms with van der Waals surface area (Å²) in [4.78, 5) is 11.0. The minimum absolute atomic E-state index is 0.0380. The molecule has 0 radical (unpaired) electrons. The second kappa shape index (κ2) is 8.93. The lowest BCUT2D eigenvalue weighted by Gasteiger charge is -2.09. The predicted octanol–water partition coefficient (Wildman–Crippen LogP) is -0.0365. The Bertz CT molecular complexity index is 148. The number of rotatable bonds is 8. The molecule has 0 saturated carbocycles. The highest BCUT2D eigenvalue weighted by Gasteiger charge is 2.11. The number of aliphatic hydroxyl groups excluding tert-OH is 1. The van der Waals surface area contributed by atoms with Crippen LogP contribution in [-0.4, -0.2) is 50.7 Å². The van der Waals surface area contributed by atoms with E-state index < -0.39 is 12.1 Å². The summed E-state index contributed by atoms with van der Waals surface area (Å²) in [6.45, 7) is 3.10. The molecule has 14 heavy (non-hydrogen) atoms. The predicted molar refractivity (Wildman–Crippen MR) is 50.0 cm³/mol. The summed E-state index contributed by atoms with van der Waals surface area (Å²) in [7, 11) is 1.53. The first-order valence-electron chi connectivity index (χ1n) is 4.61. The van der Waals surface area contributed by atoms with Crippen molar-refractivity contribution < 1.29 is 24.1 Å². The van der Waals surface area contributed by atoms with E-state index in [1.807, 2.05) is 6.92 Å². The standard InChI is InChI=1S/C9H18O5/c1-3-13-7-8(10)6-9(11)14-5-4-12-2/h8,10H,3-7H2,1-2H3. The zero-order valence-electron chi connectivity index (χ0n) is 8.69. The number of methoxy groups -OCH3 is 1. The molecule has 1 N–H and O–H groups in total. The van der Waals surface area contributed by atoms with E-state index in [0.717, 1.165) is 0 Å². The Labute approximate surface area is 84.0 Å². The minimum Gasteiger partial charge on any atom is -0.463 e. The van der Waals surface area contributed by atoms with E-state index in [-0.39, 0.29) is 19.6 Å². The zero-order valence-corrected chi connectivity index (χ0v) is 8.69. The minimum atomic E-state index is -0.787. The lowest BCUT2D eigenvalue weighted by atomic mass is 10.3. The van der Waals surface area contributed by atoms with E-state index in [1.165, 1.54) is 7.11 Å². The average Bonchev–Trinajstić information content (AvgIpc) is 2.15. The Morgan fingerprint density at radius 1 is 1.43 bits per heavy atom. The average molecular weight is 206 g/mol. The van der Waals surface area contributed by atoms with E-state index in [1.54, 1.807) is 0 Å². The summed E-state index contributed by atoms with van der Waals surface area (Å²) in [6, 6.07) is 0. The van der Waals surface area contributed by atoms with Gasteiger partial charge in [0.2, 0.25) is 0 Å². The molecule has 0 aromatic rings. The van der Waals surface area contributed by atoms with Crippen molar-refractivity contribution in [2.75, 3.05) is 33.5 Å². The maximum absolute atomic E-state index is 11.0. The van der Waals surface area contributed by atoms with Crippen LogP contribution < -0.4 is 0 Å². The fourth-order valence-corrected chi connectivity index (χ4v) is 0.803.